The lowest BCUT2D eigenvalue weighted by atomic mass is 10.1. The highest BCUT2D eigenvalue weighted by Crippen LogP contribution is 2.43. The Labute approximate surface area is 139 Å². The molecule has 2 rings (SSSR count). The van der Waals surface area contributed by atoms with Crippen molar-refractivity contribution < 1.29 is 9.47 Å². The van der Waals surface area contributed by atoms with E-state index in [0.717, 1.165) is 0 Å². The minimum Gasteiger partial charge on any atom is -0.493 e. The molecule has 8 heteroatoms. The lowest BCUT2D eigenvalue weighted by Crippen LogP contribution is -2.15. The SMILES string of the molecule is COc1ccc(Br)c(-c2nc(SC)[nH]c(=O)c2C#N)c1OC. The van der Waals surface area contributed by atoms with Crippen LogP contribution in [0.5, 0.6) is 11.5 Å². The molecule has 0 aliphatic carbocycles. The molecule has 0 amide bonds. The van der Waals surface area contributed by atoms with Crippen LogP contribution in [-0.2, 0) is 0 Å². The topological polar surface area (TPSA) is 88.0 Å². The summed E-state index contributed by atoms with van der Waals surface area (Å²) in [7, 11) is 3.00. The van der Waals surface area contributed by atoms with Gasteiger partial charge in [-0.15, -0.1) is 0 Å². The summed E-state index contributed by atoms with van der Waals surface area (Å²) >= 11 is 4.70. The first-order valence-corrected chi connectivity index (χ1v) is 8.08. The van der Waals surface area contributed by atoms with Crippen LogP contribution < -0.4 is 15.0 Å². The largest absolute Gasteiger partial charge is 0.493 e. The number of nitrogens with zero attached hydrogens (tertiary/aromatic N) is 2. The number of rotatable bonds is 4. The second kappa shape index (κ2) is 6.85. The summed E-state index contributed by atoms with van der Waals surface area (Å²) < 4.78 is 11.3. The van der Waals surface area contributed by atoms with E-state index >= 15 is 0 Å². The molecule has 1 aromatic carbocycles. The maximum atomic E-state index is 12.1. The number of benzene rings is 1. The molecule has 1 N–H and O–H groups in total. The molecule has 2 aromatic rings. The lowest BCUT2D eigenvalue weighted by Gasteiger charge is -2.15. The summed E-state index contributed by atoms with van der Waals surface area (Å²) in [6.45, 7) is 0. The number of nitrogens with one attached hydrogen (secondary N) is 1. The summed E-state index contributed by atoms with van der Waals surface area (Å²) in [4.78, 5) is 19.0. The maximum absolute atomic E-state index is 12.1. The number of H-pyrrole nitrogens is 1. The number of hydrogen-bond acceptors (Lipinski definition) is 6. The predicted molar refractivity (Wildman–Crippen MR) is 87.6 cm³/mol. The van der Waals surface area contributed by atoms with Crippen molar-refractivity contribution in [2.24, 2.45) is 0 Å². The van der Waals surface area contributed by atoms with Crippen LogP contribution in [0.15, 0.2) is 26.6 Å². The number of ether oxygens (including phenoxy) is 2. The summed E-state index contributed by atoms with van der Waals surface area (Å²) in [6.07, 6.45) is 1.78. The fourth-order valence-corrected chi connectivity index (χ4v) is 2.83. The third-order valence-electron chi connectivity index (χ3n) is 2.93. The fourth-order valence-electron chi connectivity index (χ4n) is 1.96. The average molecular weight is 382 g/mol. The van der Waals surface area contributed by atoms with Crippen LogP contribution in [-0.4, -0.2) is 30.4 Å². The van der Waals surface area contributed by atoms with Crippen molar-refractivity contribution >= 4 is 27.7 Å². The highest BCUT2D eigenvalue weighted by molar-refractivity contribution is 9.10. The quantitative estimate of drug-likeness (QED) is 0.646. The molecule has 0 aliphatic rings. The molecule has 0 radical (unpaired) electrons. The van der Waals surface area contributed by atoms with Gasteiger partial charge >= 0.3 is 0 Å². The third kappa shape index (κ3) is 2.82. The Hall–Kier alpha value is -1.98. The number of thioether (sulfide) groups is 1. The smallest absolute Gasteiger partial charge is 0.270 e. The first-order chi connectivity index (χ1) is 10.6. The van der Waals surface area contributed by atoms with Gasteiger partial charge in [-0.2, -0.15) is 5.26 Å². The molecule has 114 valence electrons. The minimum absolute atomic E-state index is 0.0787. The van der Waals surface area contributed by atoms with E-state index in [4.69, 9.17) is 9.47 Å². The summed E-state index contributed by atoms with van der Waals surface area (Å²) in [5.41, 5.74) is 0.178. The van der Waals surface area contributed by atoms with E-state index in [0.29, 0.717) is 26.7 Å². The van der Waals surface area contributed by atoms with Crippen molar-refractivity contribution in [2.75, 3.05) is 20.5 Å². The molecule has 0 saturated heterocycles. The Balaban J connectivity index is 2.90. The van der Waals surface area contributed by atoms with Gasteiger partial charge in [0.15, 0.2) is 16.7 Å². The zero-order valence-corrected chi connectivity index (χ0v) is 14.5. The van der Waals surface area contributed by atoms with Crippen molar-refractivity contribution in [2.45, 2.75) is 5.16 Å². The van der Waals surface area contributed by atoms with Gasteiger partial charge in [0, 0.05) is 4.47 Å². The van der Waals surface area contributed by atoms with Gasteiger partial charge in [-0.1, -0.05) is 11.8 Å². The molecule has 0 spiro atoms. The van der Waals surface area contributed by atoms with Gasteiger partial charge in [-0.25, -0.2) is 4.98 Å². The molecule has 0 aliphatic heterocycles. The van der Waals surface area contributed by atoms with Crippen LogP contribution in [0.1, 0.15) is 5.56 Å². The molecule has 1 heterocycles. The number of nitriles is 1. The monoisotopic (exact) mass is 381 g/mol. The Morgan fingerprint density at radius 3 is 2.64 bits per heavy atom. The molecule has 0 unspecified atom stereocenters. The van der Waals surface area contributed by atoms with Crippen molar-refractivity contribution in [3.63, 3.8) is 0 Å². The van der Waals surface area contributed by atoms with E-state index in [-0.39, 0.29) is 11.3 Å². The van der Waals surface area contributed by atoms with Crippen molar-refractivity contribution in [3.8, 4) is 28.8 Å². The van der Waals surface area contributed by atoms with Gasteiger partial charge in [0.2, 0.25) is 0 Å². The molecular weight excluding hydrogens is 370 g/mol. The predicted octanol–water partition coefficient (Wildman–Crippen LogP) is 2.81. The van der Waals surface area contributed by atoms with Crippen LogP contribution in [0.3, 0.4) is 0 Å². The maximum Gasteiger partial charge on any atom is 0.270 e. The van der Waals surface area contributed by atoms with E-state index in [2.05, 4.69) is 25.9 Å². The van der Waals surface area contributed by atoms with E-state index in [1.165, 1.54) is 26.0 Å². The molecule has 0 atom stereocenters. The molecule has 0 bridgehead atoms. The number of halogens is 1. The Morgan fingerprint density at radius 2 is 2.09 bits per heavy atom. The summed E-state index contributed by atoms with van der Waals surface area (Å²) in [6, 6.07) is 5.37. The molecule has 0 fully saturated rings. The molecular formula is C14H12BrN3O3S. The Morgan fingerprint density at radius 1 is 1.36 bits per heavy atom. The average Bonchev–Trinajstić information content (AvgIpc) is 2.53. The van der Waals surface area contributed by atoms with Gasteiger partial charge in [0.05, 0.1) is 19.8 Å². The molecule has 0 saturated carbocycles. The van der Waals surface area contributed by atoms with E-state index in [9.17, 15) is 10.1 Å². The first-order valence-electron chi connectivity index (χ1n) is 6.06. The molecule has 6 nitrogen and oxygen atoms in total. The second-order valence-electron chi connectivity index (χ2n) is 4.07. The zero-order chi connectivity index (χ0) is 16.3. The van der Waals surface area contributed by atoms with E-state index < -0.39 is 5.56 Å². The van der Waals surface area contributed by atoms with Gasteiger partial charge in [-0.05, 0) is 34.3 Å². The lowest BCUT2D eigenvalue weighted by molar-refractivity contribution is 0.356. The molecule has 1 aromatic heterocycles. The standard InChI is InChI=1S/C14H12BrN3O3S/c1-20-9-5-4-8(15)10(12(9)21-2)11-7(6-16)13(19)18-14(17-11)22-3/h4-5H,1-3H3,(H,17,18,19). The number of aromatic nitrogens is 2. The van der Waals surface area contributed by atoms with Gasteiger partial charge in [0.25, 0.3) is 5.56 Å². The highest BCUT2D eigenvalue weighted by atomic mass is 79.9. The van der Waals surface area contributed by atoms with E-state index in [1.807, 2.05) is 6.07 Å². The highest BCUT2D eigenvalue weighted by Gasteiger charge is 2.22. The van der Waals surface area contributed by atoms with Gasteiger partial charge in [-0.3, -0.25) is 4.79 Å². The van der Waals surface area contributed by atoms with Crippen molar-refractivity contribution in [1.29, 1.82) is 5.26 Å². The third-order valence-corrected chi connectivity index (χ3v) is 4.18. The summed E-state index contributed by atoms with van der Waals surface area (Å²) in [5, 5.41) is 9.71. The minimum atomic E-state index is -0.492. The van der Waals surface area contributed by atoms with Crippen molar-refractivity contribution in [3.05, 3.63) is 32.5 Å². The van der Waals surface area contributed by atoms with Gasteiger partial charge < -0.3 is 14.5 Å². The van der Waals surface area contributed by atoms with Gasteiger partial charge in [0.1, 0.15) is 17.3 Å². The van der Waals surface area contributed by atoms with Crippen LogP contribution >= 0.6 is 27.7 Å². The van der Waals surface area contributed by atoms with Crippen LogP contribution in [0.2, 0.25) is 0 Å². The molecule has 22 heavy (non-hydrogen) atoms. The Kier molecular flexibility index (Phi) is 5.11. The summed E-state index contributed by atoms with van der Waals surface area (Å²) in [5.74, 6) is 0.885. The van der Waals surface area contributed by atoms with Crippen LogP contribution in [0.4, 0.5) is 0 Å². The normalized spacial score (nSPS) is 10.1. The number of hydrogen-bond donors (Lipinski definition) is 1. The first kappa shape index (κ1) is 16.4. The van der Waals surface area contributed by atoms with Crippen molar-refractivity contribution in [1.82, 2.24) is 9.97 Å². The zero-order valence-electron chi connectivity index (χ0n) is 12.1. The van der Waals surface area contributed by atoms with Crippen LogP contribution in [0, 0.1) is 11.3 Å². The van der Waals surface area contributed by atoms with Crippen LogP contribution in [0.25, 0.3) is 11.3 Å². The second-order valence-corrected chi connectivity index (χ2v) is 5.72. The fraction of sp³-hybridized carbons (Fsp3) is 0.214. The number of methoxy groups -OCH3 is 2. The Bertz CT molecular complexity index is 814. The number of aromatic amines is 1. The van der Waals surface area contributed by atoms with E-state index in [1.54, 1.807) is 18.4 Å².